The molecule has 0 saturated carbocycles. The lowest BCUT2D eigenvalue weighted by Crippen LogP contribution is -2.32. The summed E-state index contributed by atoms with van der Waals surface area (Å²) in [7, 11) is 1.53. The Morgan fingerprint density at radius 3 is 2.70 bits per heavy atom. The Labute approximate surface area is 195 Å². The van der Waals surface area contributed by atoms with Crippen LogP contribution in [-0.4, -0.2) is 23.3 Å². The summed E-state index contributed by atoms with van der Waals surface area (Å²) < 4.78 is 26.9. The summed E-state index contributed by atoms with van der Waals surface area (Å²) >= 11 is 1.37. The minimum absolute atomic E-state index is 0.163. The van der Waals surface area contributed by atoms with Crippen LogP contribution < -0.4 is 20.3 Å². The van der Waals surface area contributed by atoms with Gasteiger partial charge in [-0.1, -0.05) is 18.2 Å². The Hall–Kier alpha value is -3.26. The molecular formula is C25H25FN2O4S. The molecule has 33 heavy (non-hydrogen) atoms. The number of fused-ring (bicyclic) bond motifs is 1. The van der Waals surface area contributed by atoms with Crippen molar-refractivity contribution in [2.24, 2.45) is 0 Å². The van der Waals surface area contributed by atoms with Gasteiger partial charge in [-0.15, -0.1) is 11.8 Å². The van der Waals surface area contributed by atoms with E-state index in [4.69, 9.17) is 9.47 Å². The summed E-state index contributed by atoms with van der Waals surface area (Å²) in [4.78, 5) is 25.9. The van der Waals surface area contributed by atoms with Crippen molar-refractivity contribution in [3.8, 4) is 11.5 Å². The molecule has 1 atom stereocenters. The summed E-state index contributed by atoms with van der Waals surface area (Å²) in [6.07, 6.45) is 0. The van der Waals surface area contributed by atoms with Crippen molar-refractivity contribution in [2.75, 3.05) is 18.2 Å². The van der Waals surface area contributed by atoms with Gasteiger partial charge >= 0.3 is 0 Å². The summed E-state index contributed by atoms with van der Waals surface area (Å²) in [6.45, 7) is 5.81. The zero-order valence-electron chi connectivity index (χ0n) is 18.9. The van der Waals surface area contributed by atoms with Crippen molar-refractivity contribution < 1.29 is 18.7 Å². The molecule has 0 saturated heterocycles. The molecule has 1 aliphatic heterocycles. The molecule has 1 N–H and O–H groups in total. The van der Waals surface area contributed by atoms with E-state index < -0.39 is 11.9 Å². The Morgan fingerprint density at radius 2 is 1.97 bits per heavy atom. The molecule has 3 aromatic rings. The number of thioether (sulfide) groups is 1. The molecular weight excluding hydrogens is 443 g/mol. The lowest BCUT2D eigenvalue weighted by molar-refractivity contribution is -0.118. The number of hydrogen-bond donors (Lipinski definition) is 1. The van der Waals surface area contributed by atoms with Crippen molar-refractivity contribution in [2.45, 2.75) is 38.4 Å². The van der Waals surface area contributed by atoms with Crippen molar-refractivity contribution >= 4 is 23.4 Å². The lowest BCUT2D eigenvalue weighted by atomic mass is 10.1. The van der Waals surface area contributed by atoms with Gasteiger partial charge in [-0.3, -0.25) is 14.2 Å². The average Bonchev–Trinajstić information content (AvgIpc) is 3.23. The van der Waals surface area contributed by atoms with Crippen LogP contribution in [0.25, 0.3) is 0 Å². The number of nitrogens with one attached hydrogen (secondary N) is 1. The summed E-state index contributed by atoms with van der Waals surface area (Å²) in [5.41, 5.74) is 3.29. The van der Waals surface area contributed by atoms with Crippen LogP contribution in [0.15, 0.2) is 52.3 Å². The van der Waals surface area contributed by atoms with E-state index in [1.54, 1.807) is 19.1 Å². The molecule has 172 valence electrons. The first kappa shape index (κ1) is 22.9. The number of nitrogens with zero attached hydrogens (tertiary/aromatic N) is 1. The largest absolute Gasteiger partial charge is 0.494 e. The van der Waals surface area contributed by atoms with E-state index in [1.807, 2.05) is 32.0 Å². The smallest absolute Gasteiger partial charge is 0.252 e. The van der Waals surface area contributed by atoms with Crippen molar-refractivity contribution in [3.63, 3.8) is 0 Å². The molecule has 0 fully saturated rings. The van der Waals surface area contributed by atoms with Gasteiger partial charge in [0.1, 0.15) is 29.2 Å². The second kappa shape index (κ2) is 9.31. The second-order valence-corrected chi connectivity index (χ2v) is 8.99. The van der Waals surface area contributed by atoms with Crippen LogP contribution >= 0.6 is 11.8 Å². The molecule has 6 nitrogen and oxygen atoms in total. The van der Waals surface area contributed by atoms with Crippen LogP contribution in [0.5, 0.6) is 11.5 Å². The maximum absolute atomic E-state index is 13.9. The fraction of sp³-hybridized carbons (Fsp3) is 0.280. The summed E-state index contributed by atoms with van der Waals surface area (Å²) in [5, 5.41) is 3.30. The van der Waals surface area contributed by atoms with Crippen LogP contribution in [0, 0.1) is 26.6 Å². The van der Waals surface area contributed by atoms with Gasteiger partial charge in [0.2, 0.25) is 5.91 Å². The molecule has 1 aromatic heterocycles. The molecule has 1 aliphatic rings. The Bertz CT molecular complexity index is 1290. The quantitative estimate of drug-likeness (QED) is 0.564. The zero-order chi connectivity index (χ0) is 23.7. The number of carbonyl (C=O) groups is 1. The predicted molar refractivity (Wildman–Crippen MR) is 127 cm³/mol. The highest BCUT2D eigenvalue weighted by molar-refractivity contribution is 7.99. The van der Waals surface area contributed by atoms with E-state index in [-0.39, 0.29) is 18.1 Å². The number of methoxy groups -OCH3 is 1. The Balaban J connectivity index is 1.59. The van der Waals surface area contributed by atoms with Gasteiger partial charge in [0.15, 0.2) is 5.75 Å². The lowest BCUT2D eigenvalue weighted by Gasteiger charge is -2.18. The van der Waals surface area contributed by atoms with Crippen molar-refractivity contribution in [3.05, 3.63) is 80.9 Å². The molecule has 8 heteroatoms. The van der Waals surface area contributed by atoms with Gasteiger partial charge in [0.05, 0.1) is 7.11 Å². The van der Waals surface area contributed by atoms with Gasteiger partial charge in [-0.05, 0) is 55.7 Å². The van der Waals surface area contributed by atoms with E-state index in [1.165, 1.54) is 35.6 Å². The molecule has 0 bridgehead atoms. The first-order valence-corrected chi connectivity index (χ1v) is 11.5. The topological polar surface area (TPSA) is 69.6 Å². The molecule has 0 spiro atoms. The minimum Gasteiger partial charge on any atom is -0.494 e. The fourth-order valence-electron chi connectivity index (χ4n) is 3.74. The average molecular weight is 469 g/mol. The molecule has 4 rings (SSSR count). The maximum Gasteiger partial charge on any atom is 0.252 e. The van der Waals surface area contributed by atoms with Gasteiger partial charge in [0, 0.05) is 23.1 Å². The molecule has 2 heterocycles. The zero-order valence-corrected chi connectivity index (χ0v) is 19.7. The van der Waals surface area contributed by atoms with Crippen LogP contribution in [0.2, 0.25) is 0 Å². The highest BCUT2D eigenvalue weighted by Gasteiger charge is 2.33. The standard InChI is InChI=1S/C25H25FN2O4S/c1-14-6-5-7-21(16(14)3)32-12-17-10-22(29)28-20(13-33-25(28)23(17)31-4)24(30)27-18-9-8-15(2)19(26)11-18/h5-11,20H,12-13H2,1-4H3,(H,27,30)/t20-/m0/s1. The monoisotopic (exact) mass is 468 g/mol. The number of amides is 1. The van der Waals surface area contributed by atoms with Crippen LogP contribution in [-0.2, 0) is 11.4 Å². The third-order valence-corrected chi connectivity index (χ3v) is 6.95. The number of benzene rings is 2. The van der Waals surface area contributed by atoms with E-state index in [0.29, 0.717) is 33.3 Å². The highest BCUT2D eigenvalue weighted by Crippen LogP contribution is 2.40. The number of ether oxygens (including phenoxy) is 2. The number of pyridine rings is 1. The van der Waals surface area contributed by atoms with Gasteiger partial charge in [-0.2, -0.15) is 0 Å². The maximum atomic E-state index is 13.9. The fourth-order valence-corrected chi connectivity index (χ4v) is 5.06. The number of halogens is 1. The number of aromatic nitrogens is 1. The normalized spacial score (nSPS) is 14.6. The van der Waals surface area contributed by atoms with Crippen molar-refractivity contribution in [1.29, 1.82) is 0 Å². The third kappa shape index (κ3) is 4.48. The Morgan fingerprint density at radius 1 is 1.18 bits per heavy atom. The number of rotatable bonds is 6. The Kier molecular flexibility index (Phi) is 6.47. The van der Waals surface area contributed by atoms with E-state index >= 15 is 0 Å². The SMILES string of the molecule is COc1c(COc2cccc(C)c2C)cc(=O)n2c1SC[C@H]2C(=O)Nc1ccc(C)c(F)c1. The van der Waals surface area contributed by atoms with Crippen LogP contribution in [0.1, 0.15) is 28.3 Å². The predicted octanol–water partition coefficient (Wildman–Crippen LogP) is 4.79. The number of hydrogen-bond acceptors (Lipinski definition) is 5. The molecule has 1 amide bonds. The van der Waals surface area contributed by atoms with E-state index in [0.717, 1.165) is 16.9 Å². The minimum atomic E-state index is -0.732. The first-order chi connectivity index (χ1) is 15.8. The van der Waals surface area contributed by atoms with Gasteiger partial charge in [-0.25, -0.2) is 4.39 Å². The molecule has 2 aromatic carbocycles. The molecule has 0 unspecified atom stereocenters. The number of aryl methyl sites for hydroxylation is 2. The van der Waals surface area contributed by atoms with Crippen LogP contribution in [0.3, 0.4) is 0 Å². The van der Waals surface area contributed by atoms with E-state index in [9.17, 15) is 14.0 Å². The van der Waals surface area contributed by atoms with E-state index in [2.05, 4.69) is 5.32 Å². The summed E-state index contributed by atoms with van der Waals surface area (Å²) in [6, 6.07) is 11.0. The van der Waals surface area contributed by atoms with Gasteiger partial charge < -0.3 is 14.8 Å². The highest BCUT2D eigenvalue weighted by atomic mass is 32.2. The number of carbonyl (C=O) groups excluding carboxylic acids is 1. The molecule has 0 radical (unpaired) electrons. The third-order valence-electron chi connectivity index (χ3n) is 5.81. The van der Waals surface area contributed by atoms with Crippen molar-refractivity contribution in [1.82, 2.24) is 4.57 Å². The first-order valence-electron chi connectivity index (χ1n) is 10.5. The van der Waals surface area contributed by atoms with Crippen LogP contribution in [0.4, 0.5) is 10.1 Å². The van der Waals surface area contributed by atoms with Gasteiger partial charge in [0.25, 0.3) is 5.56 Å². The molecule has 0 aliphatic carbocycles. The second-order valence-electron chi connectivity index (χ2n) is 7.98. The summed E-state index contributed by atoms with van der Waals surface area (Å²) in [5.74, 6) is 0.844. The number of anilines is 1.